The third kappa shape index (κ3) is 6.39. The minimum atomic E-state index is 0.607. The Morgan fingerprint density at radius 2 is 1.82 bits per heavy atom. The summed E-state index contributed by atoms with van der Waals surface area (Å²) in [7, 11) is 2.16. The van der Waals surface area contributed by atoms with E-state index in [4.69, 9.17) is 0 Å². The molecule has 0 rings (SSSR count). The number of hydrogen-bond acceptors (Lipinski definition) is 2. The predicted molar refractivity (Wildman–Crippen MR) is 53.5 cm³/mol. The molecular formula is C8H21BN2. The Bertz CT molecular complexity index is 94.1. The molecule has 0 saturated heterocycles. The van der Waals surface area contributed by atoms with Crippen molar-refractivity contribution in [2.24, 2.45) is 0 Å². The molecule has 0 aromatic carbocycles. The first-order chi connectivity index (χ1) is 5.04. The van der Waals surface area contributed by atoms with Gasteiger partial charge in [-0.05, 0) is 12.6 Å². The lowest BCUT2D eigenvalue weighted by Gasteiger charge is -2.22. The second-order valence-corrected chi connectivity index (χ2v) is 3.68. The van der Waals surface area contributed by atoms with Crippen LogP contribution in [0.4, 0.5) is 0 Å². The normalized spacial score (nSPS) is 11.9. The van der Waals surface area contributed by atoms with Crippen LogP contribution in [0.15, 0.2) is 0 Å². The average molecular weight is 156 g/mol. The second kappa shape index (κ2) is 5.61. The summed E-state index contributed by atoms with van der Waals surface area (Å²) in [4.78, 5) is 2.34. The highest BCUT2D eigenvalue weighted by molar-refractivity contribution is 6.04. The minimum absolute atomic E-state index is 0.607. The van der Waals surface area contributed by atoms with Gasteiger partial charge in [-0.1, -0.05) is 27.7 Å². The summed E-state index contributed by atoms with van der Waals surface area (Å²) in [5.74, 6) is 0. The van der Waals surface area contributed by atoms with Gasteiger partial charge in [-0.2, -0.15) is 0 Å². The molecular weight excluding hydrogens is 135 g/mol. The van der Waals surface area contributed by atoms with Crippen LogP contribution in [0.25, 0.3) is 0 Å². The smallest absolute Gasteiger partial charge is 0.185 e. The van der Waals surface area contributed by atoms with Crippen LogP contribution in [0.2, 0.25) is 0 Å². The van der Waals surface area contributed by atoms with Crippen molar-refractivity contribution >= 4 is 7.98 Å². The molecule has 0 heterocycles. The molecule has 0 saturated carbocycles. The molecule has 0 atom stereocenters. The van der Waals surface area contributed by atoms with Crippen molar-refractivity contribution in [2.75, 3.05) is 13.1 Å². The standard InChI is InChI=1S/C8H21BN2/c1-7(2)10-5-6-11(9)8(3)4/h7-8,10H,5-6,9H2,1-4H3. The third-order valence-electron chi connectivity index (χ3n) is 1.90. The topological polar surface area (TPSA) is 15.3 Å². The van der Waals surface area contributed by atoms with Gasteiger partial charge < -0.3 is 10.1 Å². The van der Waals surface area contributed by atoms with Crippen molar-refractivity contribution in [3.8, 4) is 0 Å². The van der Waals surface area contributed by atoms with E-state index in [1.54, 1.807) is 0 Å². The maximum Gasteiger partial charge on any atom is 0.185 e. The number of nitrogens with one attached hydrogen (secondary N) is 1. The Morgan fingerprint density at radius 3 is 2.18 bits per heavy atom. The molecule has 1 N–H and O–H groups in total. The number of rotatable bonds is 5. The molecule has 11 heavy (non-hydrogen) atoms. The van der Waals surface area contributed by atoms with Gasteiger partial charge in [-0.15, -0.1) is 0 Å². The molecule has 0 fully saturated rings. The summed E-state index contributed by atoms with van der Waals surface area (Å²) in [6, 6.07) is 1.26. The molecule has 0 amide bonds. The Labute approximate surface area is 71.8 Å². The second-order valence-electron chi connectivity index (χ2n) is 3.68. The first-order valence-corrected chi connectivity index (χ1v) is 4.47. The highest BCUT2D eigenvalue weighted by Crippen LogP contribution is 1.90. The fraction of sp³-hybridized carbons (Fsp3) is 1.00. The van der Waals surface area contributed by atoms with E-state index in [0.717, 1.165) is 13.1 Å². The molecule has 0 bridgehead atoms. The minimum Gasteiger partial charge on any atom is -0.346 e. The van der Waals surface area contributed by atoms with Gasteiger partial charge >= 0.3 is 0 Å². The molecule has 0 radical (unpaired) electrons. The highest BCUT2D eigenvalue weighted by atomic mass is 15.1. The van der Waals surface area contributed by atoms with E-state index in [1.807, 2.05) is 0 Å². The summed E-state index contributed by atoms with van der Waals surface area (Å²) < 4.78 is 0. The largest absolute Gasteiger partial charge is 0.346 e. The average Bonchev–Trinajstić information content (AvgIpc) is 1.86. The summed E-state index contributed by atoms with van der Waals surface area (Å²) >= 11 is 0. The van der Waals surface area contributed by atoms with Crippen molar-refractivity contribution < 1.29 is 0 Å². The quantitative estimate of drug-likeness (QED) is 0.573. The van der Waals surface area contributed by atoms with Gasteiger partial charge in [-0.3, -0.25) is 0 Å². The van der Waals surface area contributed by atoms with Gasteiger partial charge in [0.05, 0.1) is 0 Å². The zero-order chi connectivity index (χ0) is 8.85. The van der Waals surface area contributed by atoms with E-state index in [9.17, 15) is 0 Å². The molecule has 0 unspecified atom stereocenters. The van der Waals surface area contributed by atoms with E-state index in [2.05, 4.69) is 45.8 Å². The Morgan fingerprint density at radius 1 is 1.27 bits per heavy atom. The maximum atomic E-state index is 3.39. The SMILES string of the molecule is BN(CCNC(C)C)C(C)C. The van der Waals surface area contributed by atoms with Crippen LogP contribution < -0.4 is 5.32 Å². The molecule has 0 aliphatic heterocycles. The molecule has 0 aliphatic carbocycles. The van der Waals surface area contributed by atoms with Crippen LogP contribution in [-0.2, 0) is 0 Å². The van der Waals surface area contributed by atoms with Gasteiger partial charge in [0, 0.05) is 12.6 Å². The number of hydrogen-bond donors (Lipinski definition) is 1. The van der Waals surface area contributed by atoms with Crippen molar-refractivity contribution in [1.29, 1.82) is 0 Å². The van der Waals surface area contributed by atoms with Crippen molar-refractivity contribution in [1.82, 2.24) is 10.1 Å². The Kier molecular flexibility index (Phi) is 5.60. The van der Waals surface area contributed by atoms with E-state index in [-0.39, 0.29) is 0 Å². The summed E-state index contributed by atoms with van der Waals surface area (Å²) in [6.07, 6.45) is 0. The third-order valence-corrected chi connectivity index (χ3v) is 1.90. The van der Waals surface area contributed by atoms with Gasteiger partial charge in [0.1, 0.15) is 0 Å². The van der Waals surface area contributed by atoms with Crippen LogP contribution in [0.3, 0.4) is 0 Å². The fourth-order valence-corrected chi connectivity index (χ4v) is 0.788. The summed E-state index contributed by atoms with van der Waals surface area (Å²) in [5.41, 5.74) is 0. The van der Waals surface area contributed by atoms with Gasteiger partial charge in [0.15, 0.2) is 7.98 Å². The van der Waals surface area contributed by atoms with Crippen molar-refractivity contribution in [3.63, 3.8) is 0 Å². The van der Waals surface area contributed by atoms with Crippen LogP contribution >= 0.6 is 0 Å². The predicted octanol–water partition coefficient (Wildman–Crippen LogP) is 0.243. The van der Waals surface area contributed by atoms with E-state index < -0.39 is 0 Å². The highest BCUT2D eigenvalue weighted by Gasteiger charge is 2.01. The first kappa shape index (κ1) is 11.0. The lowest BCUT2D eigenvalue weighted by atomic mass is 10.2. The Hall–Kier alpha value is -0.0151. The lowest BCUT2D eigenvalue weighted by Crippen LogP contribution is -2.36. The zero-order valence-corrected chi connectivity index (χ0v) is 8.52. The summed E-state index contributed by atoms with van der Waals surface area (Å²) in [5, 5.41) is 3.39. The molecule has 0 aromatic rings. The van der Waals surface area contributed by atoms with Crippen LogP contribution in [0.1, 0.15) is 27.7 Å². The van der Waals surface area contributed by atoms with E-state index >= 15 is 0 Å². The first-order valence-electron chi connectivity index (χ1n) is 4.47. The van der Waals surface area contributed by atoms with Crippen molar-refractivity contribution in [2.45, 2.75) is 39.8 Å². The van der Waals surface area contributed by atoms with Gasteiger partial charge in [0.25, 0.3) is 0 Å². The van der Waals surface area contributed by atoms with E-state index in [1.165, 1.54) is 0 Å². The maximum absolute atomic E-state index is 3.39. The molecule has 0 aliphatic rings. The fourth-order valence-electron chi connectivity index (χ4n) is 0.788. The Balaban J connectivity index is 3.24. The van der Waals surface area contributed by atoms with Gasteiger partial charge in [0.2, 0.25) is 0 Å². The molecule has 0 aromatic heterocycles. The molecule has 2 nitrogen and oxygen atoms in total. The summed E-state index contributed by atoms with van der Waals surface area (Å²) in [6.45, 7) is 11.0. The van der Waals surface area contributed by atoms with Crippen LogP contribution in [0.5, 0.6) is 0 Å². The monoisotopic (exact) mass is 156 g/mol. The van der Waals surface area contributed by atoms with E-state index in [0.29, 0.717) is 12.1 Å². The number of nitrogens with zero attached hydrogens (tertiary/aromatic N) is 1. The molecule has 0 spiro atoms. The van der Waals surface area contributed by atoms with Crippen molar-refractivity contribution in [3.05, 3.63) is 0 Å². The zero-order valence-electron chi connectivity index (χ0n) is 8.52. The lowest BCUT2D eigenvalue weighted by molar-refractivity contribution is 0.369. The van der Waals surface area contributed by atoms with Crippen LogP contribution in [-0.4, -0.2) is 38.0 Å². The van der Waals surface area contributed by atoms with Gasteiger partial charge in [-0.25, -0.2) is 0 Å². The van der Waals surface area contributed by atoms with Crippen LogP contribution in [0, 0.1) is 0 Å². The molecule has 66 valence electrons. The molecule has 3 heteroatoms.